The van der Waals surface area contributed by atoms with E-state index in [4.69, 9.17) is 9.68 Å². The highest BCUT2D eigenvalue weighted by Gasteiger charge is 2.12. The summed E-state index contributed by atoms with van der Waals surface area (Å²) >= 11 is 0. The van der Waals surface area contributed by atoms with Crippen LogP contribution in [0.25, 0.3) is 0 Å². The van der Waals surface area contributed by atoms with Gasteiger partial charge in [0.05, 0.1) is 25.6 Å². The van der Waals surface area contributed by atoms with E-state index in [9.17, 15) is 9.59 Å². The van der Waals surface area contributed by atoms with Crippen molar-refractivity contribution >= 4 is 24.2 Å². The van der Waals surface area contributed by atoms with Crippen LogP contribution in [-0.4, -0.2) is 27.0 Å². The van der Waals surface area contributed by atoms with Crippen LogP contribution >= 0.6 is 0 Å². The molecule has 1 rings (SSSR count). The topological polar surface area (TPSA) is 59.1 Å². The van der Waals surface area contributed by atoms with Gasteiger partial charge in [0, 0.05) is 0 Å². The molecule has 0 bridgehead atoms. The van der Waals surface area contributed by atoms with Gasteiger partial charge in [-0.1, -0.05) is 6.07 Å². The van der Waals surface area contributed by atoms with E-state index in [-0.39, 0.29) is 0 Å². The summed E-state index contributed by atoms with van der Waals surface area (Å²) in [5, 5.41) is 2.11. The Balaban J connectivity index is 3.17. The number of nitrogens with zero attached hydrogens (tertiary/aromatic N) is 2. The van der Waals surface area contributed by atoms with E-state index >= 15 is 0 Å². The highest BCUT2D eigenvalue weighted by Crippen LogP contribution is 2.25. The summed E-state index contributed by atoms with van der Waals surface area (Å²) in [4.78, 5) is 31.3. The highest BCUT2D eigenvalue weighted by molar-refractivity contribution is 5.80. The first-order valence-corrected chi connectivity index (χ1v) is 4.85. The molecule has 6 nitrogen and oxygen atoms in total. The molecule has 92 valence electrons. The molecule has 2 amide bonds. The van der Waals surface area contributed by atoms with Gasteiger partial charge in [-0.15, -0.1) is 0 Å². The molecule has 0 atom stereocenters. The molecule has 0 aliphatic carbocycles. The first-order chi connectivity index (χ1) is 8.17. The van der Waals surface area contributed by atoms with Crippen LogP contribution in [0.2, 0.25) is 0 Å². The van der Waals surface area contributed by atoms with Crippen molar-refractivity contribution in [2.24, 2.45) is 0 Å². The third-order valence-corrected chi connectivity index (χ3v) is 2.27. The predicted octanol–water partition coefficient (Wildman–Crippen LogP) is 1.04. The number of rotatable bonds is 6. The van der Waals surface area contributed by atoms with Crippen LogP contribution < -0.4 is 10.1 Å². The molecule has 0 saturated carbocycles. The van der Waals surface area contributed by atoms with Crippen molar-refractivity contribution in [3.63, 3.8) is 0 Å². The summed E-state index contributed by atoms with van der Waals surface area (Å²) in [7, 11) is 2.76. The van der Waals surface area contributed by atoms with E-state index in [0.717, 1.165) is 15.7 Å². The maximum absolute atomic E-state index is 10.8. The Bertz CT molecular complexity index is 408. The minimum Gasteiger partial charge on any atom is -0.276 e. The molecule has 0 fully saturated rings. The molecule has 1 aromatic rings. The van der Waals surface area contributed by atoms with Gasteiger partial charge in [0.2, 0.25) is 12.8 Å². The van der Waals surface area contributed by atoms with Crippen molar-refractivity contribution in [1.29, 1.82) is 0 Å². The molecule has 0 saturated heterocycles. The third-order valence-electron chi connectivity index (χ3n) is 2.27. The molecule has 0 aliphatic heterocycles. The minimum absolute atomic E-state index is 0.506. The van der Waals surface area contributed by atoms with Gasteiger partial charge in [-0.05, 0) is 24.6 Å². The van der Waals surface area contributed by atoms with Crippen LogP contribution in [0, 0.1) is 6.92 Å². The number of hydroxylamine groups is 2. The van der Waals surface area contributed by atoms with Crippen molar-refractivity contribution in [3.05, 3.63) is 23.8 Å². The van der Waals surface area contributed by atoms with Crippen LogP contribution in [0.4, 0.5) is 11.4 Å². The van der Waals surface area contributed by atoms with E-state index in [2.05, 4.69) is 0 Å². The zero-order valence-corrected chi connectivity index (χ0v) is 9.91. The molecule has 1 aromatic carbocycles. The number of benzene rings is 1. The highest BCUT2D eigenvalue weighted by atomic mass is 16.7. The lowest BCUT2D eigenvalue weighted by Crippen LogP contribution is -2.22. The van der Waals surface area contributed by atoms with Gasteiger partial charge in [-0.2, -0.15) is 10.1 Å². The van der Waals surface area contributed by atoms with Crippen LogP contribution in [0.15, 0.2) is 18.2 Å². The lowest BCUT2D eigenvalue weighted by molar-refractivity contribution is -0.113. The second-order valence-corrected chi connectivity index (χ2v) is 3.20. The van der Waals surface area contributed by atoms with Crippen molar-refractivity contribution in [2.75, 3.05) is 24.3 Å². The molecule has 0 aliphatic rings. The minimum atomic E-state index is 0.506. The molecule has 17 heavy (non-hydrogen) atoms. The number of aryl methyl sites for hydroxylation is 1. The molecule has 0 spiro atoms. The molecule has 6 heteroatoms. The van der Waals surface area contributed by atoms with Gasteiger partial charge < -0.3 is 0 Å². The van der Waals surface area contributed by atoms with Gasteiger partial charge in [-0.3, -0.25) is 19.3 Å². The summed E-state index contributed by atoms with van der Waals surface area (Å²) in [5.41, 5.74) is 1.89. The molecule has 0 heterocycles. The lowest BCUT2D eigenvalue weighted by atomic mass is 10.2. The Morgan fingerprint density at radius 2 is 1.65 bits per heavy atom. The van der Waals surface area contributed by atoms with Gasteiger partial charge in [0.15, 0.2) is 0 Å². The average molecular weight is 238 g/mol. The number of carbonyl (C=O) groups is 2. The SMILES string of the molecule is CON(C=O)c1ccc(C)c(N(C=O)OC)c1. The number of hydrogen-bond acceptors (Lipinski definition) is 4. The Morgan fingerprint density at radius 1 is 1.06 bits per heavy atom. The normalized spacial score (nSPS) is 9.82. The quantitative estimate of drug-likeness (QED) is 0.549. The Morgan fingerprint density at radius 3 is 2.12 bits per heavy atom. The standard InChI is InChI=1S/C11H14N2O4/c1-9-4-5-10(12(7-14)16-2)6-11(9)13(8-15)17-3/h4-8H,1-3H3. The van der Waals surface area contributed by atoms with Crippen molar-refractivity contribution < 1.29 is 19.3 Å². The number of anilines is 2. The Kier molecular flexibility index (Phi) is 4.62. The number of hydrogen-bond donors (Lipinski definition) is 0. The van der Waals surface area contributed by atoms with Gasteiger partial charge >= 0.3 is 0 Å². The molecule has 0 unspecified atom stereocenters. The smallest absolute Gasteiger partial charge is 0.238 e. The molecular formula is C11H14N2O4. The maximum Gasteiger partial charge on any atom is 0.238 e. The number of amides is 2. The fourth-order valence-electron chi connectivity index (χ4n) is 1.38. The second-order valence-electron chi connectivity index (χ2n) is 3.20. The summed E-state index contributed by atoms with van der Waals surface area (Å²) in [5.74, 6) is 0. The fraction of sp³-hybridized carbons (Fsp3) is 0.273. The van der Waals surface area contributed by atoms with Crippen LogP contribution in [0.1, 0.15) is 5.56 Å². The van der Waals surface area contributed by atoms with E-state index in [1.807, 2.05) is 6.92 Å². The van der Waals surface area contributed by atoms with Gasteiger partial charge in [0.1, 0.15) is 0 Å². The zero-order valence-electron chi connectivity index (χ0n) is 9.91. The second kappa shape index (κ2) is 5.97. The van der Waals surface area contributed by atoms with E-state index < -0.39 is 0 Å². The number of carbonyl (C=O) groups excluding carboxylic acids is 2. The molecular weight excluding hydrogens is 224 g/mol. The lowest BCUT2D eigenvalue weighted by Gasteiger charge is -2.20. The maximum atomic E-state index is 10.8. The van der Waals surface area contributed by atoms with Crippen LogP contribution in [0.3, 0.4) is 0 Å². The van der Waals surface area contributed by atoms with Crippen molar-refractivity contribution in [2.45, 2.75) is 6.92 Å². The van der Waals surface area contributed by atoms with E-state index in [1.165, 1.54) is 14.2 Å². The zero-order chi connectivity index (χ0) is 12.8. The molecule has 0 radical (unpaired) electrons. The van der Waals surface area contributed by atoms with Crippen molar-refractivity contribution in [3.8, 4) is 0 Å². The van der Waals surface area contributed by atoms with Crippen LogP contribution in [0.5, 0.6) is 0 Å². The largest absolute Gasteiger partial charge is 0.276 e. The molecule has 0 aromatic heterocycles. The van der Waals surface area contributed by atoms with Crippen molar-refractivity contribution in [1.82, 2.24) is 0 Å². The Hall–Kier alpha value is -1.92. The third kappa shape index (κ3) is 2.80. The summed E-state index contributed by atoms with van der Waals surface area (Å²) < 4.78 is 0. The van der Waals surface area contributed by atoms with E-state index in [0.29, 0.717) is 24.2 Å². The van der Waals surface area contributed by atoms with Gasteiger partial charge in [-0.25, -0.2) is 0 Å². The summed E-state index contributed by atoms with van der Waals surface area (Å²) in [6.45, 7) is 1.83. The molecule has 0 N–H and O–H groups in total. The van der Waals surface area contributed by atoms with E-state index in [1.54, 1.807) is 18.2 Å². The summed E-state index contributed by atoms with van der Waals surface area (Å²) in [6, 6.07) is 5.08. The first-order valence-electron chi connectivity index (χ1n) is 4.85. The van der Waals surface area contributed by atoms with Crippen LogP contribution in [-0.2, 0) is 19.3 Å². The fourth-order valence-corrected chi connectivity index (χ4v) is 1.38. The Labute approximate surface area is 99.2 Å². The monoisotopic (exact) mass is 238 g/mol. The summed E-state index contributed by atoms with van der Waals surface area (Å²) in [6.07, 6.45) is 1.08. The predicted molar refractivity (Wildman–Crippen MR) is 62.3 cm³/mol. The first kappa shape index (κ1) is 13.1. The van der Waals surface area contributed by atoms with Gasteiger partial charge in [0.25, 0.3) is 0 Å². The average Bonchev–Trinajstić information content (AvgIpc) is 2.35.